The quantitative estimate of drug-likeness (QED) is 0.654. The van der Waals surface area contributed by atoms with Crippen molar-refractivity contribution in [2.75, 3.05) is 0 Å². The summed E-state index contributed by atoms with van der Waals surface area (Å²) >= 11 is 0. The summed E-state index contributed by atoms with van der Waals surface area (Å²) in [5, 5.41) is 19.2. The Bertz CT molecular complexity index is 568. The second kappa shape index (κ2) is 6.60. The largest absolute Gasteiger partial charge is 0.507 e. The van der Waals surface area contributed by atoms with Crippen molar-refractivity contribution in [3.8, 4) is 5.75 Å². The van der Waals surface area contributed by atoms with Gasteiger partial charge in [-0.1, -0.05) is 41.5 Å². The molecule has 0 atom stereocenters. The van der Waals surface area contributed by atoms with Gasteiger partial charge in [-0.3, -0.25) is 9.59 Å². The zero-order valence-electron chi connectivity index (χ0n) is 14.7. The average molecular weight is 322 g/mol. The highest BCUT2D eigenvalue weighted by Gasteiger charge is 2.26. The Morgan fingerprint density at radius 3 is 1.78 bits per heavy atom. The van der Waals surface area contributed by atoms with E-state index in [-0.39, 0.29) is 23.2 Å². The maximum atomic E-state index is 11.4. The summed E-state index contributed by atoms with van der Waals surface area (Å²) in [5.41, 5.74) is 1.73. The van der Waals surface area contributed by atoms with Crippen molar-refractivity contribution >= 4 is 11.9 Å². The zero-order chi connectivity index (χ0) is 18.0. The van der Waals surface area contributed by atoms with Gasteiger partial charge in [0, 0.05) is 0 Å². The van der Waals surface area contributed by atoms with E-state index in [0.717, 1.165) is 16.7 Å². The van der Waals surface area contributed by atoms with Gasteiger partial charge in [-0.15, -0.1) is 0 Å². The van der Waals surface area contributed by atoms with Crippen molar-refractivity contribution in [2.45, 2.75) is 65.4 Å². The summed E-state index contributed by atoms with van der Waals surface area (Å²) in [5.74, 6) is -1.74. The first-order chi connectivity index (χ1) is 10.3. The summed E-state index contributed by atoms with van der Waals surface area (Å²) in [4.78, 5) is 21.9. The normalized spacial score (nSPS) is 12.1. The third-order valence-electron chi connectivity index (χ3n) is 3.48. The summed E-state index contributed by atoms with van der Waals surface area (Å²) in [6.07, 6.45) is -0.656. The minimum atomic E-state index is -1.22. The molecule has 1 aromatic rings. The van der Waals surface area contributed by atoms with E-state index >= 15 is 0 Å². The third-order valence-corrected chi connectivity index (χ3v) is 3.48. The number of benzene rings is 1. The van der Waals surface area contributed by atoms with Gasteiger partial charge in [0.05, 0.1) is 0 Å². The highest BCUT2D eigenvalue weighted by atomic mass is 16.5. The van der Waals surface area contributed by atoms with Crippen LogP contribution in [-0.4, -0.2) is 22.2 Å². The maximum absolute atomic E-state index is 11.4. The van der Waals surface area contributed by atoms with E-state index in [1.165, 1.54) is 0 Å². The number of phenolic OH excluding ortho intramolecular Hbond substituents is 1. The molecule has 0 amide bonds. The monoisotopic (exact) mass is 322 g/mol. The minimum Gasteiger partial charge on any atom is -0.507 e. The predicted octanol–water partition coefficient (Wildman–Crippen LogP) is 3.51. The first-order valence-electron chi connectivity index (χ1n) is 7.56. The van der Waals surface area contributed by atoms with Crippen LogP contribution in [0.5, 0.6) is 5.75 Å². The molecule has 0 heterocycles. The minimum absolute atomic E-state index is 0.0153. The van der Waals surface area contributed by atoms with Crippen molar-refractivity contribution in [1.82, 2.24) is 0 Å². The number of carbonyl (C=O) groups excluding carboxylic acids is 1. The lowest BCUT2D eigenvalue weighted by atomic mass is 9.78. The van der Waals surface area contributed by atoms with Crippen molar-refractivity contribution < 1.29 is 24.5 Å². The summed E-state index contributed by atoms with van der Waals surface area (Å²) < 4.78 is 5.01. The molecule has 1 aromatic carbocycles. The van der Waals surface area contributed by atoms with Crippen molar-refractivity contribution in [1.29, 1.82) is 0 Å². The van der Waals surface area contributed by atoms with Crippen LogP contribution >= 0.6 is 0 Å². The smallest absolute Gasteiger partial charge is 0.317 e. The van der Waals surface area contributed by atoms with Gasteiger partial charge in [0.1, 0.15) is 18.8 Å². The number of carbonyl (C=O) groups is 2. The second-order valence-corrected chi connectivity index (χ2v) is 7.77. The molecule has 1 rings (SSSR count). The highest BCUT2D eigenvalue weighted by molar-refractivity contribution is 5.90. The topological polar surface area (TPSA) is 83.8 Å². The molecular formula is C18H26O5. The molecule has 5 nitrogen and oxygen atoms in total. The van der Waals surface area contributed by atoms with Gasteiger partial charge in [0.25, 0.3) is 0 Å². The van der Waals surface area contributed by atoms with Crippen LogP contribution in [-0.2, 0) is 31.8 Å². The first-order valence-corrected chi connectivity index (χ1v) is 7.56. The third kappa shape index (κ3) is 5.27. The van der Waals surface area contributed by atoms with E-state index in [4.69, 9.17) is 9.84 Å². The van der Waals surface area contributed by atoms with E-state index in [0.29, 0.717) is 0 Å². The van der Waals surface area contributed by atoms with Gasteiger partial charge < -0.3 is 14.9 Å². The molecule has 2 N–H and O–H groups in total. The van der Waals surface area contributed by atoms with Crippen molar-refractivity contribution in [3.05, 3.63) is 28.8 Å². The molecular weight excluding hydrogens is 296 g/mol. The molecule has 128 valence electrons. The lowest BCUT2D eigenvalue weighted by molar-refractivity contribution is -0.152. The maximum Gasteiger partial charge on any atom is 0.317 e. The Morgan fingerprint density at radius 1 is 1.00 bits per heavy atom. The van der Waals surface area contributed by atoms with Crippen LogP contribution in [0.4, 0.5) is 0 Å². The molecule has 23 heavy (non-hydrogen) atoms. The average Bonchev–Trinajstić information content (AvgIpc) is 2.33. The predicted molar refractivity (Wildman–Crippen MR) is 87.6 cm³/mol. The Balaban J connectivity index is 3.18. The molecule has 0 aliphatic carbocycles. The number of esters is 1. The molecule has 5 heteroatoms. The molecule has 0 radical (unpaired) electrons. The van der Waals surface area contributed by atoms with E-state index in [9.17, 15) is 14.7 Å². The molecule has 0 fully saturated rings. The van der Waals surface area contributed by atoms with Gasteiger partial charge in [0.2, 0.25) is 0 Å². The lowest BCUT2D eigenvalue weighted by Crippen LogP contribution is -2.18. The fraction of sp³-hybridized carbons (Fsp3) is 0.556. The number of hydrogen-bond acceptors (Lipinski definition) is 4. The summed E-state index contributed by atoms with van der Waals surface area (Å²) in [6.45, 7) is 12.0. The van der Waals surface area contributed by atoms with Crippen LogP contribution in [0.25, 0.3) is 0 Å². The number of rotatable bonds is 4. The van der Waals surface area contributed by atoms with E-state index < -0.39 is 18.4 Å². The molecule has 0 saturated heterocycles. The Kier molecular flexibility index (Phi) is 5.46. The zero-order valence-corrected chi connectivity index (χ0v) is 14.7. The number of hydrogen-bond donors (Lipinski definition) is 2. The van der Waals surface area contributed by atoms with Gasteiger partial charge in [-0.2, -0.15) is 0 Å². The van der Waals surface area contributed by atoms with Crippen LogP contribution < -0.4 is 0 Å². The van der Waals surface area contributed by atoms with Crippen LogP contribution in [0, 0.1) is 0 Å². The fourth-order valence-corrected chi connectivity index (χ4v) is 2.26. The van der Waals surface area contributed by atoms with Crippen LogP contribution in [0.2, 0.25) is 0 Å². The van der Waals surface area contributed by atoms with Crippen molar-refractivity contribution in [3.63, 3.8) is 0 Å². The number of aromatic hydroxyl groups is 1. The van der Waals surface area contributed by atoms with Crippen molar-refractivity contribution in [2.24, 2.45) is 0 Å². The number of carboxylic acids is 1. The highest BCUT2D eigenvalue weighted by Crippen LogP contribution is 2.39. The fourth-order valence-electron chi connectivity index (χ4n) is 2.26. The molecule has 0 unspecified atom stereocenters. The summed E-state index contributed by atoms with van der Waals surface area (Å²) in [7, 11) is 0. The number of ether oxygens (including phenoxy) is 1. The first kappa shape index (κ1) is 19.0. The number of phenols is 1. The second-order valence-electron chi connectivity index (χ2n) is 7.77. The lowest BCUT2D eigenvalue weighted by Gasteiger charge is -2.28. The Morgan fingerprint density at radius 2 is 1.43 bits per heavy atom. The van der Waals surface area contributed by atoms with Gasteiger partial charge in [-0.05, 0) is 39.7 Å². The van der Waals surface area contributed by atoms with Gasteiger partial charge >= 0.3 is 11.9 Å². The van der Waals surface area contributed by atoms with E-state index in [1.807, 2.05) is 41.5 Å². The molecule has 0 bridgehead atoms. The number of carboxylic acid groups (broad SMARTS) is 1. The molecule has 0 aromatic heterocycles. The van der Waals surface area contributed by atoms with Crippen LogP contribution in [0.15, 0.2) is 12.1 Å². The standard InChI is InChI=1S/C18H26O5/c1-17(2,3)12-7-11(10-23-15(21)9-14(19)20)8-13(16(12)22)18(4,5)6/h7-8,22H,9-10H2,1-6H3,(H,19,20). The number of aliphatic carboxylic acids is 1. The van der Waals surface area contributed by atoms with Crippen LogP contribution in [0.3, 0.4) is 0 Å². The molecule has 0 saturated carbocycles. The molecule has 0 spiro atoms. The molecule has 0 aliphatic heterocycles. The van der Waals surface area contributed by atoms with E-state index in [1.54, 1.807) is 12.1 Å². The van der Waals surface area contributed by atoms with Gasteiger partial charge in [0.15, 0.2) is 0 Å². The summed E-state index contributed by atoms with van der Waals surface area (Å²) in [6, 6.07) is 3.61. The Labute approximate surface area is 137 Å². The molecule has 0 aliphatic rings. The van der Waals surface area contributed by atoms with Crippen LogP contribution in [0.1, 0.15) is 64.7 Å². The van der Waals surface area contributed by atoms with Gasteiger partial charge in [-0.25, -0.2) is 0 Å². The van der Waals surface area contributed by atoms with E-state index in [2.05, 4.69) is 0 Å². The Hall–Kier alpha value is -2.04. The SMILES string of the molecule is CC(C)(C)c1cc(COC(=O)CC(=O)O)cc(C(C)(C)C)c1O.